The molecule has 0 saturated carbocycles. The molecule has 1 N–H and O–H groups in total. The summed E-state index contributed by atoms with van der Waals surface area (Å²) in [6, 6.07) is 10.5. The van der Waals surface area contributed by atoms with Crippen molar-refractivity contribution in [3.8, 4) is 23.8 Å². The molecule has 25 heavy (non-hydrogen) atoms. The first-order chi connectivity index (χ1) is 12.0. The number of hydrazone groups is 1. The SMILES string of the molecule is C#CCOc1c(Br)cc(/C=N\NC(=O)c2ccc(Br)cc2)cc1OC. The summed E-state index contributed by atoms with van der Waals surface area (Å²) in [5.74, 6) is 3.11. The molecule has 0 atom stereocenters. The number of hydrogen-bond donors (Lipinski definition) is 1. The summed E-state index contributed by atoms with van der Waals surface area (Å²) in [5, 5.41) is 3.96. The molecule has 128 valence electrons. The lowest BCUT2D eigenvalue weighted by Crippen LogP contribution is -2.17. The van der Waals surface area contributed by atoms with Crippen LogP contribution in [0.4, 0.5) is 0 Å². The highest BCUT2D eigenvalue weighted by Crippen LogP contribution is 2.36. The van der Waals surface area contributed by atoms with Gasteiger partial charge in [0.25, 0.3) is 5.91 Å². The van der Waals surface area contributed by atoms with Crippen molar-refractivity contribution in [2.45, 2.75) is 0 Å². The van der Waals surface area contributed by atoms with Crippen LogP contribution in [0, 0.1) is 12.3 Å². The highest BCUT2D eigenvalue weighted by Gasteiger charge is 2.11. The van der Waals surface area contributed by atoms with Crippen molar-refractivity contribution in [1.82, 2.24) is 5.43 Å². The van der Waals surface area contributed by atoms with Crippen LogP contribution in [-0.2, 0) is 0 Å². The summed E-state index contributed by atoms with van der Waals surface area (Å²) in [5.41, 5.74) is 3.70. The van der Waals surface area contributed by atoms with E-state index in [9.17, 15) is 4.79 Å². The van der Waals surface area contributed by atoms with E-state index in [2.05, 4.69) is 48.3 Å². The number of hydrogen-bond acceptors (Lipinski definition) is 4. The molecule has 2 rings (SSSR count). The third-order valence-electron chi connectivity index (χ3n) is 3.04. The van der Waals surface area contributed by atoms with Crippen LogP contribution in [0.15, 0.2) is 50.4 Å². The monoisotopic (exact) mass is 464 g/mol. The van der Waals surface area contributed by atoms with Crippen molar-refractivity contribution < 1.29 is 14.3 Å². The predicted molar refractivity (Wildman–Crippen MR) is 104 cm³/mol. The number of carbonyl (C=O) groups is 1. The van der Waals surface area contributed by atoms with E-state index in [0.717, 1.165) is 4.47 Å². The van der Waals surface area contributed by atoms with Crippen LogP contribution in [0.2, 0.25) is 0 Å². The normalized spacial score (nSPS) is 10.3. The van der Waals surface area contributed by atoms with Gasteiger partial charge in [0.2, 0.25) is 0 Å². The largest absolute Gasteiger partial charge is 0.493 e. The Labute approximate surface area is 162 Å². The van der Waals surface area contributed by atoms with Gasteiger partial charge in [0.1, 0.15) is 6.61 Å². The van der Waals surface area contributed by atoms with Gasteiger partial charge in [0.15, 0.2) is 11.5 Å². The second-order valence-corrected chi connectivity index (χ2v) is 6.50. The first-order valence-electron chi connectivity index (χ1n) is 7.08. The fourth-order valence-electron chi connectivity index (χ4n) is 1.90. The number of methoxy groups -OCH3 is 1. The maximum absolute atomic E-state index is 12.0. The van der Waals surface area contributed by atoms with Gasteiger partial charge in [-0.1, -0.05) is 21.9 Å². The zero-order chi connectivity index (χ0) is 18.2. The van der Waals surface area contributed by atoms with Crippen LogP contribution in [-0.4, -0.2) is 25.8 Å². The molecule has 2 aromatic carbocycles. The van der Waals surface area contributed by atoms with E-state index in [1.807, 2.05) is 0 Å². The van der Waals surface area contributed by atoms with Crippen LogP contribution in [0.5, 0.6) is 11.5 Å². The van der Waals surface area contributed by atoms with E-state index in [0.29, 0.717) is 27.1 Å². The number of carbonyl (C=O) groups excluding carboxylic acids is 1. The van der Waals surface area contributed by atoms with Crippen molar-refractivity contribution in [3.05, 3.63) is 56.5 Å². The average Bonchev–Trinajstić information content (AvgIpc) is 2.61. The van der Waals surface area contributed by atoms with E-state index in [4.69, 9.17) is 15.9 Å². The van der Waals surface area contributed by atoms with Crippen LogP contribution >= 0.6 is 31.9 Å². The van der Waals surface area contributed by atoms with Gasteiger partial charge in [-0.3, -0.25) is 4.79 Å². The molecule has 7 heteroatoms. The number of rotatable bonds is 6. The molecule has 5 nitrogen and oxygen atoms in total. The molecule has 2 aromatic rings. The number of amides is 1. The van der Waals surface area contributed by atoms with Gasteiger partial charge in [-0.25, -0.2) is 5.43 Å². The predicted octanol–water partition coefficient (Wildman–Crippen LogP) is 4.00. The quantitative estimate of drug-likeness (QED) is 0.398. The zero-order valence-electron chi connectivity index (χ0n) is 13.3. The molecule has 0 bridgehead atoms. The second kappa shape index (κ2) is 9.25. The van der Waals surface area contributed by atoms with Crippen molar-refractivity contribution in [2.24, 2.45) is 5.10 Å². The van der Waals surface area contributed by atoms with Crippen molar-refractivity contribution in [1.29, 1.82) is 0 Å². The molecule has 0 aliphatic heterocycles. The van der Waals surface area contributed by atoms with Crippen molar-refractivity contribution in [2.75, 3.05) is 13.7 Å². The first-order valence-corrected chi connectivity index (χ1v) is 8.66. The van der Waals surface area contributed by atoms with Crippen LogP contribution in [0.1, 0.15) is 15.9 Å². The number of terminal acetylenes is 1. The molecular weight excluding hydrogens is 452 g/mol. The van der Waals surface area contributed by atoms with E-state index in [1.54, 1.807) is 36.4 Å². The van der Waals surface area contributed by atoms with Gasteiger partial charge < -0.3 is 9.47 Å². The molecule has 0 radical (unpaired) electrons. The summed E-state index contributed by atoms with van der Waals surface area (Å²) in [4.78, 5) is 12.0. The van der Waals surface area contributed by atoms with Crippen LogP contribution in [0.25, 0.3) is 0 Å². The van der Waals surface area contributed by atoms with Gasteiger partial charge in [-0.05, 0) is 57.9 Å². The minimum atomic E-state index is -0.302. The Bertz CT molecular complexity index is 827. The Morgan fingerprint density at radius 2 is 2.04 bits per heavy atom. The van der Waals surface area contributed by atoms with E-state index < -0.39 is 0 Å². The Hall–Kier alpha value is -2.30. The summed E-state index contributed by atoms with van der Waals surface area (Å²) in [6.45, 7) is 0.131. The fourth-order valence-corrected chi connectivity index (χ4v) is 2.74. The minimum absolute atomic E-state index is 0.131. The topological polar surface area (TPSA) is 59.9 Å². The van der Waals surface area contributed by atoms with E-state index >= 15 is 0 Å². The molecular formula is C18H14Br2N2O3. The van der Waals surface area contributed by atoms with Gasteiger partial charge in [0, 0.05) is 10.0 Å². The molecule has 0 spiro atoms. The number of nitrogens with zero attached hydrogens (tertiary/aromatic N) is 1. The minimum Gasteiger partial charge on any atom is -0.493 e. The Morgan fingerprint density at radius 1 is 1.32 bits per heavy atom. The summed E-state index contributed by atoms with van der Waals surface area (Å²) < 4.78 is 12.3. The molecule has 0 unspecified atom stereocenters. The lowest BCUT2D eigenvalue weighted by Gasteiger charge is -2.11. The smallest absolute Gasteiger partial charge is 0.271 e. The van der Waals surface area contributed by atoms with Crippen molar-refractivity contribution >= 4 is 44.0 Å². The standard InChI is InChI=1S/C18H14Br2N2O3/c1-3-8-25-17-15(20)9-12(10-16(17)24-2)11-21-22-18(23)13-4-6-14(19)7-5-13/h1,4-7,9-11H,8H2,2H3,(H,22,23)/b21-11-. The highest BCUT2D eigenvalue weighted by atomic mass is 79.9. The molecule has 0 saturated heterocycles. The molecule has 0 heterocycles. The second-order valence-electron chi connectivity index (χ2n) is 4.73. The van der Waals surface area contributed by atoms with Crippen molar-refractivity contribution in [3.63, 3.8) is 0 Å². The van der Waals surface area contributed by atoms with Crippen LogP contribution < -0.4 is 14.9 Å². The third-order valence-corrected chi connectivity index (χ3v) is 4.16. The summed E-state index contributed by atoms with van der Waals surface area (Å²) in [7, 11) is 1.53. The Kier molecular flexibility index (Phi) is 7.04. The fraction of sp³-hybridized carbons (Fsp3) is 0.111. The lowest BCUT2D eigenvalue weighted by atomic mass is 10.2. The van der Waals surface area contributed by atoms with Gasteiger partial charge >= 0.3 is 0 Å². The number of nitrogens with one attached hydrogen (secondary N) is 1. The third kappa shape index (κ3) is 5.34. The molecule has 0 aliphatic rings. The molecule has 0 aliphatic carbocycles. The summed E-state index contributed by atoms with van der Waals surface area (Å²) in [6.07, 6.45) is 6.71. The number of halogens is 2. The molecule has 1 amide bonds. The van der Waals surface area contributed by atoms with E-state index in [1.165, 1.54) is 13.3 Å². The maximum atomic E-state index is 12.0. The van der Waals surface area contributed by atoms with E-state index in [-0.39, 0.29) is 12.5 Å². The lowest BCUT2D eigenvalue weighted by molar-refractivity contribution is 0.0955. The molecule has 0 aromatic heterocycles. The van der Waals surface area contributed by atoms with Gasteiger partial charge in [0.05, 0.1) is 17.8 Å². The number of benzene rings is 2. The number of ether oxygens (including phenoxy) is 2. The average molecular weight is 466 g/mol. The first kappa shape index (κ1) is 19.0. The summed E-state index contributed by atoms with van der Waals surface area (Å²) >= 11 is 6.73. The molecule has 0 fully saturated rings. The van der Waals surface area contributed by atoms with Gasteiger partial charge in [-0.15, -0.1) is 6.42 Å². The Balaban J connectivity index is 2.10. The van der Waals surface area contributed by atoms with Crippen LogP contribution in [0.3, 0.4) is 0 Å². The Morgan fingerprint density at radius 3 is 2.68 bits per heavy atom. The zero-order valence-corrected chi connectivity index (χ0v) is 16.4. The highest BCUT2D eigenvalue weighted by molar-refractivity contribution is 9.10. The van der Waals surface area contributed by atoms with Gasteiger partial charge in [-0.2, -0.15) is 5.10 Å². The maximum Gasteiger partial charge on any atom is 0.271 e.